The van der Waals surface area contributed by atoms with Crippen LogP contribution >= 0.6 is 0 Å². The lowest BCUT2D eigenvalue weighted by Crippen LogP contribution is -2.31. The summed E-state index contributed by atoms with van der Waals surface area (Å²) in [4.78, 5) is 29.8. The average molecular weight is 527 g/mol. The molecule has 194 valence electrons. The van der Waals surface area contributed by atoms with Crippen LogP contribution < -0.4 is 10.9 Å². The van der Waals surface area contributed by atoms with Crippen molar-refractivity contribution in [3.63, 3.8) is 0 Å². The first-order valence-electron chi connectivity index (χ1n) is 11.8. The maximum Gasteiger partial charge on any atom is 0.264 e. The smallest absolute Gasteiger partial charge is 0.264 e. The molecule has 0 saturated carbocycles. The van der Waals surface area contributed by atoms with Gasteiger partial charge in [-0.25, -0.2) is 22.5 Å². The number of amides is 1. The molecule has 12 heteroatoms. The minimum Gasteiger partial charge on any atom is -0.350 e. The van der Waals surface area contributed by atoms with Gasteiger partial charge < -0.3 is 5.32 Å². The maximum atomic E-state index is 13.5. The first kappa shape index (κ1) is 26.2. The van der Waals surface area contributed by atoms with Crippen molar-refractivity contribution >= 4 is 27.0 Å². The van der Waals surface area contributed by atoms with Crippen molar-refractivity contribution in [3.05, 3.63) is 88.4 Å². The summed E-state index contributed by atoms with van der Waals surface area (Å²) < 4.78 is 42.9. The van der Waals surface area contributed by atoms with Gasteiger partial charge >= 0.3 is 0 Å². The van der Waals surface area contributed by atoms with Crippen molar-refractivity contribution in [2.24, 2.45) is 0 Å². The van der Waals surface area contributed by atoms with Gasteiger partial charge in [-0.05, 0) is 42.0 Å². The standard InChI is InChI=1S/C25H27FN6O4S/c1-3-31(4-2)37(35,36)21-10-8-19(9-11-21)24(33)27-12-13-32-23-22(15-29-32)25(34)30(17-28-23)16-18-6-5-7-20(26)14-18/h5-11,14-15,17H,3-4,12-13,16H2,1-2H3,(H,27,33). The van der Waals surface area contributed by atoms with Crippen LogP contribution in [0.4, 0.5) is 4.39 Å². The van der Waals surface area contributed by atoms with Crippen LogP contribution in [-0.4, -0.2) is 57.6 Å². The van der Waals surface area contributed by atoms with E-state index in [0.717, 1.165) is 0 Å². The van der Waals surface area contributed by atoms with Crippen LogP contribution in [-0.2, 0) is 23.1 Å². The fourth-order valence-electron chi connectivity index (χ4n) is 3.97. The highest BCUT2D eigenvalue weighted by Crippen LogP contribution is 2.16. The molecular weight excluding hydrogens is 499 g/mol. The van der Waals surface area contributed by atoms with Gasteiger partial charge in [0.2, 0.25) is 10.0 Å². The SMILES string of the molecule is CCN(CC)S(=O)(=O)c1ccc(C(=O)NCCn2ncc3c(=O)n(Cc4cccc(F)c4)cnc32)cc1. The normalized spacial score (nSPS) is 11.8. The van der Waals surface area contributed by atoms with Gasteiger partial charge in [0.05, 0.1) is 24.2 Å². The van der Waals surface area contributed by atoms with Crippen LogP contribution in [0.15, 0.2) is 70.7 Å². The van der Waals surface area contributed by atoms with E-state index in [9.17, 15) is 22.4 Å². The van der Waals surface area contributed by atoms with Gasteiger partial charge in [0.25, 0.3) is 11.5 Å². The molecule has 2 heterocycles. The van der Waals surface area contributed by atoms with E-state index in [1.807, 2.05) is 0 Å². The van der Waals surface area contributed by atoms with Gasteiger partial charge in [0.15, 0.2) is 5.65 Å². The predicted octanol–water partition coefficient (Wildman–Crippen LogP) is 2.24. The van der Waals surface area contributed by atoms with Gasteiger partial charge in [0, 0.05) is 25.2 Å². The number of nitrogens with zero attached hydrogens (tertiary/aromatic N) is 5. The van der Waals surface area contributed by atoms with Crippen LogP contribution in [0.3, 0.4) is 0 Å². The second kappa shape index (κ2) is 11.0. The molecule has 1 amide bonds. The molecule has 0 bridgehead atoms. The van der Waals surface area contributed by atoms with Gasteiger partial charge in [0.1, 0.15) is 17.5 Å². The fourth-order valence-corrected chi connectivity index (χ4v) is 5.43. The first-order chi connectivity index (χ1) is 17.7. The number of aromatic nitrogens is 4. The van der Waals surface area contributed by atoms with Crippen LogP contribution in [0, 0.1) is 5.82 Å². The Kier molecular flexibility index (Phi) is 7.79. The van der Waals surface area contributed by atoms with Crippen LogP contribution in [0.25, 0.3) is 11.0 Å². The first-order valence-corrected chi connectivity index (χ1v) is 13.2. The summed E-state index contributed by atoms with van der Waals surface area (Å²) in [7, 11) is -3.60. The Labute approximate surface area is 213 Å². The molecule has 2 aromatic heterocycles. The molecule has 0 aliphatic rings. The molecule has 0 fully saturated rings. The van der Waals surface area contributed by atoms with E-state index < -0.39 is 10.0 Å². The third-order valence-electron chi connectivity index (χ3n) is 5.93. The summed E-state index contributed by atoms with van der Waals surface area (Å²) in [6, 6.07) is 11.8. The zero-order valence-corrected chi connectivity index (χ0v) is 21.3. The van der Waals surface area contributed by atoms with Crippen molar-refractivity contribution in [3.8, 4) is 0 Å². The Morgan fingerprint density at radius 3 is 2.51 bits per heavy atom. The molecule has 4 rings (SSSR count). The third kappa shape index (κ3) is 5.59. The number of hydrogen-bond acceptors (Lipinski definition) is 6. The molecule has 10 nitrogen and oxygen atoms in total. The number of hydrogen-bond donors (Lipinski definition) is 1. The average Bonchev–Trinajstić information content (AvgIpc) is 3.30. The van der Waals surface area contributed by atoms with E-state index >= 15 is 0 Å². The predicted molar refractivity (Wildman–Crippen MR) is 136 cm³/mol. The van der Waals surface area contributed by atoms with Crippen LogP contribution in [0.1, 0.15) is 29.8 Å². The van der Waals surface area contributed by atoms with Crippen molar-refractivity contribution < 1.29 is 17.6 Å². The molecule has 4 aromatic rings. The Hall–Kier alpha value is -3.90. The van der Waals surface area contributed by atoms with Crippen molar-refractivity contribution in [2.75, 3.05) is 19.6 Å². The monoisotopic (exact) mass is 526 g/mol. The van der Waals surface area contributed by atoms with Gasteiger partial charge in [-0.3, -0.25) is 14.2 Å². The summed E-state index contributed by atoms with van der Waals surface area (Å²) >= 11 is 0. The molecule has 0 aliphatic carbocycles. The highest BCUT2D eigenvalue weighted by atomic mass is 32.2. The molecule has 0 atom stereocenters. The lowest BCUT2D eigenvalue weighted by atomic mass is 10.2. The molecule has 0 unspecified atom stereocenters. The fraction of sp³-hybridized carbons (Fsp3) is 0.280. The Bertz CT molecular complexity index is 1580. The van der Waals surface area contributed by atoms with E-state index in [1.54, 1.807) is 26.0 Å². The van der Waals surface area contributed by atoms with E-state index in [1.165, 1.54) is 62.5 Å². The molecule has 0 spiro atoms. The molecule has 0 aliphatic heterocycles. The van der Waals surface area contributed by atoms with Crippen molar-refractivity contribution in [1.82, 2.24) is 29.0 Å². The van der Waals surface area contributed by atoms with E-state index in [4.69, 9.17) is 0 Å². The molecule has 37 heavy (non-hydrogen) atoms. The molecule has 2 aromatic carbocycles. The lowest BCUT2D eigenvalue weighted by Gasteiger charge is -2.18. The summed E-state index contributed by atoms with van der Waals surface area (Å²) in [5, 5.41) is 7.30. The van der Waals surface area contributed by atoms with Gasteiger partial charge in [-0.2, -0.15) is 9.40 Å². The summed E-state index contributed by atoms with van der Waals surface area (Å²) in [6.07, 6.45) is 2.81. The Morgan fingerprint density at radius 2 is 1.84 bits per heavy atom. The third-order valence-corrected chi connectivity index (χ3v) is 8.00. The highest BCUT2D eigenvalue weighted by Gasteiger charge is 2.21. The minimum absolute atomic E-state index is 0.130. The van der Waals surface area contributed by atoms with Crippen molar-refractivity contribution in [1.29, 1.82) is 0 Å². The van der Waals surface area contributed by atoms with Gasteiger partial charge in [-0.15, -0.1) is 0 Å². The summed E-state index contributed by atoms with van der Waals surface area (Å²) in [6.45, 7) is 4.91. The number of sulfonamides is 1. The van der Waals surface area contributed by atoms with Gasteiger partial charge in [-0.1, -0.05) is 26.0 Å². The number of benzene rings is 2. The topological polar surface area (TPSA) is 119 Å². The van der Waals surface area contributed by atoms with E-state index in [2.05, 4.69) is 15.4 Å². The molecule has 0 radical (unpaired) electrons. The number of nitrogens with one attached hydrogen (secondary N) is 1. The molecule has 1 N–H and O–H groups in total. The second-order valence-electron chi connectivity index (χ2n) is 8.28. The van der Waals surface area contributed by atoms with Crippen LogP contribution in [0.5, 0.6) is 0 Å². The van der Waals surface area contributed by atoms with Crippen molar-refractivity contribution in [2.45, 2.75) is 31.8 Å². The zero-order chi connectivity index (χ0) is 26.6. The maximum absolute atomic E-state index is 13.5. The molecular formula is C25H27FN6O4S. The van der Waals surface area contributed by atoms with E-state index in [-0.39, 0.29) is 41.8 Å². The largest absolute Gasteiger partial charge is 0.350 e. The van der Waals surface area contributed by atoms with E-state index in [0.29, 0.717) is 35.2 Å². The number of carbonyl (C=O) groups excluding carboxylic acids is 1. The quantitative estimate of drug-likeness (QED) is 0.339. The lowest BCUT2D eigenvalue weighted by molar-refractivity contribution is 0.0952. The number of carbonyl (C=O) groups is 1. The highest BCUT2D eigenvalue weighted by molar-refractivity contribution is 7.89. The Balaban J connectivity index is 1.40. The summed E-state index contributed by atoms with van der Waals surface area (Å²) in [5.74, 6) is -0.747. The second-order valence-corrected chi connectivity index (χ2v) is 10.2. The number of rotatable bonds is 10. The minimum atomic E-state index is -3.60. The van der Waals surface area contributed by atoms with Crippen LogP contribution in [0.2, 0.25) is 0 Å². The summed E-state index contributed by atoms with van der Waals surface area (Å²) in [5.41, 5.74) is 1.03. The molecule has 0 saturated heterocycles. The Morgan fingerprint density at radius 1 is 1.11 bits per heavy atom. The number of halogens is 1. The zero-order valence-electron chi connectivity index (χ0n) is 20.5. The number of fused-ring (bicyclic) bond motifs is 1.